The van der Waals surface area contributed by atoms with Gasteiger partial charge in [-0.1, -0.05) is 158 Å². The summed E-state index contributed by atoms with van der Waals surface area (Å²) in [5, 5.41) is 0. The van der Waals surface area contributed by atoms with Crippen molar-refractivity contribution in [3.63, 3.8) is 0 Å². The molecule has 304 valence electrons. The van der Waals surface area contributed by atoms with Crippen LogP contribution < -0.4 is 9.80 Å². The fourth-order valence-electron chi connectivity index (χ4n) is 8.21. The molecule has 1 aliphatic heterocycles. The highest BCUT2D eigenvalue weighted by Gasteiger charge is 2.30. The molecule has 2 aromatic heterocycles. The molecule has 0 saturated heterocycles. The molecule has 64 heavy (non-hydrogen) atoms. The van der Waals surface area contributed by atoms with Gasteiger partial charge in [-0.2, -0.15) is 9.97 Å². The number of pyridine rings is 1. The van der Waals surface area contributed by atoms with E-state index < -0.39 is 10.8 Å². The summed E-state index contributed by atoms with van der Waals surface area (Å²) in [4.78, 5) is 26.6. The van der Waals surface area contributed by atoms with Crippen molar-refractivity contribution in [3.8, 4) is 56.3 Å². The normalized spacial score (nSPS) is 12.6. The third-order valence-corrected chi connectivity index (χ3v) is 12.8. The number of hydrogen-bond acceptors (Lipinski definition) is 7. The van der Waals surface area contributed by atoms with Crippen molar-refractivity contribution in [2.45, 2.75) is 9.79 Å². The Morgan fingerprint density at radius 1 is 0.328 bits per heavy atom. The van der Waals surface area contributed by atoms with Gasteiger partial charge in [-0.25, -0.2) is 14.2 Å². The maximum absolute atomic E-state index is 14.4. The second-order valence-electron chi connectivity index (χ2n) is 15.3. The fourth-order valence-corrected chi connectivity index (χ4v) is 9.57. The van der Waals surface area contributed by atoms with Crippen molar-refractivity contribution in [2.24, 2.45) is 0 Å². The van der Waals surface area contributed by atoms with Crippen molar-refractivity contribution in [3.05, 3.63) is 231 Å². The predicted octanol–water partition coefficient (Wildman–Crippen LogP) is 14.0. The number of fused-ring (bicyclic) bond motifs is 3. The Kier molecular flexibility index (Phi) is 10.2. The Labute approximate surface area is 374 Å². The summed E-state index contributed by atoms with van der Waals surface area (Å²) >= 11 is 0. The summed E-state index contributed by atoms with van der Waals surface area (Å²) in [5.41, 5.74) is 11.0. The molecule has 7 nitrogen and oxygen atoms in total. The molecule has 0 aliphatic carbocycles. The van der Waals surface area contributed by atoms with Gasteiger partial charge in [0.2, 0.25) is 5.95 Å². The summed E-state index contributed by atoms with van der Waals surface area (Å²) in [7, 11) is -1.40. The molecule has 10 aromatic rings. The minimum absolute atomic E-state index is 0.386. The van der Waals surface area contributed by atoms with Crippen LogP contribution in [0.4, 0.5) is 34.5 Å². The van der Waals surface area contributed by atoms with E-state index in [0.717, 1.165) is 77.2 Å². The lowest BCUT2D eigenvalue weighted by Crippen LogP contribution is -2.17. The van der Waals surface area contributed by atoms with Crippen LogP contribution in [-0.2, 0) is 10.8 Å². The third-order valence-electron chi connectivity index (χ3n) is 11.3. The summed E-state index contributed by atoms with van der Waals surface area (Å²) < 4.78 is 14.4. The molecule has 1 aliphatic rings. The van der Waals surface area contributed by atoms with Crippen LogP contribution in [0, 0.1) is 0 Å². The van der Waals surface area contributed by atoms with E-state index in [9.17, 15) is 4.21 Å². The van der Waals surface area contributed by atoms with Crippen LogP contribution in [0.1, 0.15) is 0 Å². The van der Waals surface area contributed by atoms with E-state index in [1.54, 1.807) is 0 Å². The van der Waals surface area contributed by atoms with Gasteiger partial charge in [0, 0.05) is 44.9 Å². The van der Waals surface area contributed by atoms with E-state index in [1.165, 1.54) is 0 Å². The molecule has 0 amide bonds. The number of anilines is 6. The number of rotatable bonds is 10. The monoisotopic (exact) mass is 842 g/mol. The largest absolute Gasteiger partial charge is 0.310 e. The highest BCUT2D eigenvalue weighted by Crippen LogP contribution is 2.47. The first-order valence-corrected chi connectivity index (χ1v) is 22.2. The van der Waals surface area contributed by atoms with Gasteiger partial charge >= 0.3 is 0 Å². The summed E-state index contributed by atoms with van der Waals surface area (Å²) in [6, 6.07) is 77.6. The maximum Gasteiger partial charge on any atom is 0.239 e. The van der Waals surface area contributed by atoms with Crippen molar-refractivity contribution in [2.75, 3.05) is 9.80 Å². The van der Waals surface area contributed by atoms with Crippen LogP contribution in [0.15, 0.2) is 240 Å². The molecular weight excluding hydrogens is 805 g/mol. The molecule has 3 heterocycles. The lowest BCUT2D eigenvalue weighted by atomic mass is 10.0. The molecule has 0 saturated carbocycles. The number of hydrogen-bond donors (Lipinski definition) is 0. The lowest BCUT2D eigenvalue weighted by Gasteiger charge is -2.26. The first kappa shape index (κ1) is 38.6. The number of benzene rings is 8. The SMILES string of the molecule is O=S1c2ccc(N(c3ccccc3)c3ccccc3)cc2-c2cc(N(c3cc(-c4ccccc4)cc(-c4ccccc4)n3)c3nc(-c4ccccc4)nc(-c4ccccc4)n3)ccc21. The molecule has 0 fully saturated rings. The molecule has 0 bridgehead atoms. The maximum atomic E-state index is 14.4. The van der Waals surface area contributed by atoms with Gasteiger partial charge < -0.3 is 4.90 Å². The van der Waals surface area contributed by atoms with Crippen molar-refractivity contribution in [1.29, 1.82) is 0 Å². The van der Waals surface area contributed by atoms with Crippen LogP contribution >= 0.6 is 0 Å². The topological polar surface area (TPSA) is 75.1 Å². The Morgan fingerprint density at radius 2 is 0.750 bits per heavy atom. The third kappa shape index (κ3) is 7.42. The average Bonchev–Trinajstić information content (AvgIpc) is 3.65. The Balaban J connectivity index is 1.15. The van der Waals surface area contributed by atoms with Gasteiger partial charge in [-0.05, 0) is 83.9 Å². The molecule has 1 unspecified atom stereocenters. The predicted molar refractivity (Wildman–Crippen MR) is 259 cm³/mol. The molecular formula is C56H38N6OS. The molecule has 0 radical (unpaired) electrons. The number of nitrogens with zero attached hydrogens (tertiary/aromatic N) is 6. The highest BCUT2D eigenvalue weighted by molar-refractivity contribution is 7.85. The lowest BCUT2D eigenvalue weighted by molar-refractivity contribution is 0.685. The van der Waals surface area contributed by atoms with E-state index in [2.05, 4.69) is 83.8 Å². The van der Waals surface area contributed by atoms with E-state index in [4.69, 9.17) is 19.9 Å². The molecule has 0 N–H and O–H groups in total. The van der Waals surface area contributed by atoms with Crippen molar-refractivity contribution < 1.29 is 4.21 Å². The highest BCUT2D eigenvalue weighted by atomic mass is 32.2. The summed E-state index contributed by atoms with van der Waals surface area (Å²) in [5.74, 6) is 2.04. The zero-order chi connectivity index (χ0) is 42.8. The Bertz CT molecular complexity index is 3000. The standard InChI is InChI=1S/C56H38N6OS/c63-64-51-33-31-46(61(44-27-15-5-16-28-44)45-29-17-6-18-30-45)37-48(51)49-38-47(32-34-52(49)64)62(53-36-43(39-19-7-1-8-20-39)35-50(57-53)40-21-9-2-10-22-40)56-59-54(41-23-11-3-12-24-41)58-55(60-56)42-25-13-4-14-26-42/h1-38H. The smallest absolute Gasteiger partial charge is 0.239 e. The first-order chi connectivity index (χ1) is 31.6. The summed E-state index contributed by atoms with van der Waals surface area (Å²) in [6.07, 6.45) is 0. The minimum Gasteiger partial charge on any atom is -0.310 e. The fraction of sp³-hybridized carbons (Fsp3) is 0. The first-order valence-electron chi connectivity index (χ1n) is 21.1. The second-order valence-corrected chi connectivity index (χ2v) is 16.7. The quantitative estimate of drug-likeness (QED) is 0.136. The van der Waals surface area contributed by atoms with E-state index >= 15 is 0 Å². The van der Waals surface area contributed by atoms with Gasteiger partial charge in [-0.3, -0.25) is 4.90 Å². The molecule has 1 atom stereocenters. The average molecular weight is 843 g/mol. The van der Waals surface area contributed by atoms with Crippen LogP contribution in [0.3, 0.4) is 0 Å². The molecule has 11 rings (SSSR count). The molecule has 8 heteroatoms. The number of aromatic nitrogens is 4. The van der Waals surface area contributed by atoms with E-state index in [1.807, 2.05) is 157 Å². The van der Waals surface area contributed by atoms with Crippen LogP contribution in [0.25, 0.3) is 56.3 Å². The van der Waals surface area contributed by atoms with Gasteiger partial charge in [-0.15, -0.1) is 0 Å². The zero-order valence-corrected chi connectivity index (χ0v) is 35.3. The molecule has 0 spiro atoms. The van der Waals surface area contributed by atoms with Gasteiger partial charge in [0.25, 0.3) is 0 Å². The van der Waals surface area contributed by atoms with Crippen molar-refractivity contribution in [1.82, 2.24) is 19.9 Å². The van der Waals surface area contributed by atoms with E-state index in [-0.39, 0.29) is 0 Å². The summed E-state index contributed by atoms with van der Waals surface area (Å²) in [6.45, 7) is 0. The minimum atomic E-state index is -1.40. The van der Waals surface area contributed by atoms with Gasteiger partial charge in [0.1, 0.15) is 5.82 Å². The molecule has 8 aromatic carbocycles. The van der Waals surface area contributed by atoms with Crippen LogP contribution in [0.2, 0.25) is 0 Å². The van der Waals surface area contributed by atoms with Crippen LogP contribution in [-0.4, -0.2) is 24.1 Å². The van der Waals surface area contributed by atoms with Crippen LogP contribution in [0.5, 0.6) is 0 Å². The number of para-hydroxylation sites is 2. The van der Waals surface area contributed by atoms with Gasteiger partial charge in [0.05, 0.1) is 32.0 Å². The Morgan fingerprint density at radius 3 is 1.23 bits per heavy atom. The second kappa shape index (κ2) is 16.9. The van der Waals surface area contributed by atoms with E-state index in [0.29, 0.717) is 23.4 Å². The Hall–Kier alpha value is -8.33. The van der Waals surface area contributed by atoms with Gasteiger partial charge in [0.15, 0.2) is 11.6 Å². The van der Waals surface area contributed by atoms with Crippen molar-refractivity contribution >= 4 is 45.3 Å². The zero-order valence-electron chi connectivity index (χ0n) is 34.4.